The second-order valence-corrected chi connectivity index (χ2v) is 10.3. The molecule has 0 rings (SSSR count). The van der Waals surface area contributed by atoms with Crippen LogP contribution in [0.25, 0.3) is 0 Å². The molecule has 0 amide bonds. The molecule has 4 heteroatoms. The van der Waals surface area contributed by atoms with Gasteiger partial charge in [0.15, 0.2) is 0 Å². The molecule has 0 aliphatic carbocycles. The van der Waals surface area contributed by atoms with Crippen LogP contribution in [0.2, 0.25) is 18.1 Å². The van der Waals surface area contributed by atoms with Gasteiger partial charge >= 0.3 is 5.97 Å². The summed E-state index contributed by atoms with van der Waals surface area (Å²) >= 11 is 0. The Bertz CT molecular complexity index is 294. The van der Waals surface area contributed by atoms with Crippen LogP contribution < -0.4 is 5.73 Å². The first-order valence-corrected chi connectivity index (χ1v) is 8.06. The number of aliphatic carboxylic acids is 1. The SMILES string of the molecule is CC(C)(C)[Si](C)(C)C#CC[C@H](N)C(=O)O. The van der Waals surface area contributed by atoms with Crippen molar-refractivity contribution in [3.63, 3.8) is 0 Å². The van der Waals surface area contributed by atoms with E-state index in [0.29, 0.717) is 0 Å². The molecule has 86 valence electrons. The highest BCUT2D eigenvalue weighted by molar-refractivity contribution is 6.87. The fraction of sp³-hybridized carbons (Fsp3) is 0.727. The Hall–Kier alpha value is -0.793. The van der Waals surface area contributed by atoms with Crippen molar-refractivity contribution in [2.75, 3.05) is 0 Å². The second-order valence-electron chi connectivity index (χ2n) is 5.33. The molecule has 0 aromatic rings. The Morgan fingerprint density at radius 2 is 1.93 bits per heavy atom. The number of nitrogens with two attached hydrogens (primary N) is 1. The summed E-state index contributed by atoms with van der Waals surface area (Å²) in [5.41, 5.74) is 8.60. The average molecular weight is 227 g/mol. The van der Waals surface area contributed by atoms with Gasteiger partial charge in [-0.3, -0.25) is 4.79 Å². The maximum absolute atomic E-state index is 10.5. The Balaban J connectivity index is 4.48. The molecule has 0 unspecified atom stereocenters. The minimum Gasteiger partial charge on any atom is -0.480 e. The lowest BCUT2D eigenvalue weighted by Crippen LogP contribution is -2.36. The minimum absolute atomic E-state index is 0.202. The number of carboxylic acid groups (broad SMARTS) is 1. The lowest BCUT2D eigenvalue weighted by atomic mass is 10.2. The van der Waals surface area contributed by atoms with Crippen molar-refractivity contribution in [3.8, 4) is 11.5 Å². The Morgan fingerprint density at radius 1 is 1.47 bits per heavy atom. The van der Waals surface area contributed by atoms with Crippen molar-refractivity contribution in [2.45, 2.75) is 51.4 Å². The third kappa shape index (κ3) is 4.50. The summed E-state index contributed by atoms with van der Waals surface area (Å²) in [5, 5.41) is 8.79. The van der Waals surface area contributed by atoms with E-state index in [2.05, 4.69) is 45.3 Å². The van der Waals surface area contributed by atoms with Crippen molar-refractivity contribution in [1.29, 1.82) is 0 Å². The Morgan fingerprint density at radius 3 is 2.27 bits per heavy atom. The molecule has 0 bridgehead atoms. The molecule has 0 radical (unpaired) electrons. The number of carboxylic acids is 1. The first kappa shape index (κ1) is 14.2. The van der Waals surface area contributed by atoms with E-state index in [-0.39, 0.29) is 11.5 Å². The number of hydrogen-bond donors (Lipinski definition) is 2. The van der Waals surface area contributed by atoms with Crippen molar-refractivity contribution >= 4 is 14.0 Å². The number of rotatable bonds is 2. The third-order valence-corrected chi connectivity index (χ3v) is 7.47. The Kier molecular flexibility index (Phi) is 4.56. The van der Waals surface area contributed by atoms with E-state index in [9.17, 15) is 4.79 Å². The van der Waals surface area contributed by atoms with Gasteiger partial charge in [-0.25, -0.2) is 0 Å². The molecule has 1 atom stereocenters. The van der Waals surface area contributed by atoms with Gasteiger partial charge in [0.1, 0.15) is 14.1 Å². The standard InChI is InChI=1S/C11H21NO2Si/c1-11(2,3)15(4,5)8-6-7-9(12)10(13)14/h9H,7,12H2,1-5H3,(H,13,14)/t9-/m0/s1. The molecule has 3 nitrogen and oxygen atoms in total. The van der Waals surface area contributed by atoms with Crippen molar-refractivity contribution in [3.05, 3.63) is 0 Å². The summed E-state index contributed by atoms with van der Waals surface area (Å²) in [6, 6.07) is -0.859. The predicted molar refractivity (Wildman–Crippen MR) is 65.2 cm³/mol. The Labute approximate surface area is 93.1 Å². The van der Waals surface area contributed by atoms with Crippen molar-refractivity contribution in [1.82, 2.24) is 0 Å². The minimum atomic E-state index is -1.62. The highest BCUT2D eigenvalue weighted by atomic mass is 28.3. The van der Waals surface area contributed by atoms with E-state index < -0.39 is 20.1 Å². The van der Waals surface area contributed by atoms with Crippen LogP contribution in [0, 0.1) is 11.5 Å². The smallest absolute Gasteiger partial charge is 0.321 e. The molecule has 0 heterocycles. The molecule has 0 aromatic carbocycles. The lowest BCUT2D eigenvalue weighted by molar-refractivity contribution is -0.138. The van der Waals surface area contributed by atoms with Crippen LogP contribution in [0.4, 0.5) is 0 Å². The molecule has 0 fully saturated rings. The van der Waals surface area contributed by atoms with Crippen LogP contribution in [-0.2, 0) is 4.79 Å². The quantitative estimate of drug-likeness (QED) is 0.559. The summed E-state index contributed by atoms with van der Waals surface area (Å²) in [6.07, 6.45) is 0.238. The normalized spacial score (nSPS) is 14.0. The van der Waals surface area contributed by atoms with Gasteiger partial charge in [-0.15, -0.1) is 11.5 Å². The summed E-state index contributed by atoms with van der Waals surface area (Å²) < 4.78 is 0. The van der Waals surface area contributed by atoms with Crippen molar-refractivity contribution in [2.24, 2.45) is 5.73 Å². The highest BCUT2D eigenvalue weighted by Crippen LogP contribution is 2.35. The van der Waals surface area contributed by atoms with Gasteiger partial charge in [-0.05, 0) is 5.04 Å². The first-order chi connectivity index (χ1) is 6.58. The molecule has 15 heavy (non-hydrogen) atoms. The fourth-order valence-corrected chi connectivity index (χ4v) is 1.58. The van der Waals surface area contributed by atoms with E-state index in [0.717, 1.165) is 0 Å². The van der Waals surface area contributed by atoms with Crippen LogP contribution >= 0.6 is 0 Å². The molecule has 0 saturated carbocycles. The van der Waals surface area contributed by atoms with Crippen LogP contribution in [0.5, 0.6) is 0 Å². The van der Waals surface area contributed by atoms with Gasteiger partial charge in [0, 0.05) is 6.42 Å². The van der Waals surface area contributed by atoms with Gasteiger partial charge in [0.2, 0.25) is 0 Å². The molecular formula is C11H21NO2Si. The van der Waals surface area contributed by atoms with E-state index in [4.69, 9.17) is 10.8 Å². The zero-order valence-electron chi connectivity index (χ0n) is 10.2. The van der Waals surface area contributed by atoms with Crippen LogP contribution in [0.15, 0.2) is 0 Å². The van der Waals surface area contributed by atoms with Gasteiger partial charge < -0.3 is 10.8 Å². The lowest BCUT2D eigenvalue weighted by Gasteiger charge is -2.31. The largest absolute Gasteiger partial charge is 0.480 e. The summed E-state index contributed by atoms with van der Waals surface area (Å²) in [6.45, 7) is 10.9. The monoisotopic (exact) mass is 227 g/mol. The fourth-order valence-electron chi connectivity index (χ4n) is 0.657. The van der Waals surface area contributed by atoms with Gasteiger partial charge in [-0.2, -0.15) is 0 Å². The summed E-state index contributed by atoms with van der Waals surface area (Å²) in [7, 11) is -1.62. The van der Waals surface area contributed by atoms with Crippen LogP contribution in [-0.4, -0.2) is 25.2 Å². The molecule has 0 aliphatic heterocycles. The molecular weight excluding hydrogens is 206 g/mol. The maximum Gasteiger partial charge on any atom is 0.321 e. The second kappa shape index (κ2) is 4.82. The van der Waals surface area contributed by atoms with Crippen molar-refractivity contribution < 1.29 is 9.90 Å². The highest BCUT2D eigenvalue weighted by Gasteiger charge is 2.33. The van der Waals surface area contributed by atoms with Crippen LogP contribution in [0.3, 0.4) is 0 Å². The molecule has 0 spiro atoms. The summed E-state index contributed by atoms with van der Waals surface area (Å²) in [4.78, 5) is 10.5. The van der Waals surface area contributed by atoms with E-state index in [1.165, 1.54) is 0 Å². The number of carbonyl (C=O) groups is 1. The maximum atomic E-state index is 10.5. The first-order valence-electron chi connectivity index (χ1n) is 5.06. The average Bonchev–Trinajstić information content (AvgIpc) is 2.01. The molecule has 0 aromatic heterocycles. The van der Waals surface area contributed by atoms with E-state index >= 15 is 0 Å². The van der Waals surface area contributed by atoms with Gasteiger partial charge in [0.05, 0.1) is 0 Å². The molecule has 0 saturated heterocycles. The topological polar surface area (TPSA) is 63.3 Å². The van der Waals surface area contributed by atoms with Gasteiger partial charge in [-0.1, -0.05) is 33.9 Å². The predicted octanol–water partition coefficient (Wildman–Crippen LogP) is 1.84. The summed E-state index contributed by atoms with van der Waals surface area (Å²) in [5.74, 6) is 1.93. The zero-order valence-corrected chi connectivity index (χ0v) is 11.2. The number of hydrogen-bond acceptors (Lipinski definition) is 2. The molecule has 3 N–H and O–H groups in total. The third-order valence-electron chi connectivity index (χ3n) is 2.92. The van der Waals surface area contributed by atoms with E-state index in [1.807, 2.05) is 0 Å². The molecule has 0 aliphatic rings. The van der Waals surface area contributed by atoms with Crippen LogP contribution in [0.1, 0.15) is 27.2 Å². The van der Waals surface area contributed by atoms with E-state index in [1.54, 1.807) is 0 Å². The zero-order chi connectivity index (χ0) is 12.3. The van der Waals surface area contributed by atoms with Gasteiger partial charge in [0.25, 0.3) is 0 Å².